The number of fused-ring (bicyclic) bond motifs is 2. The van der Waals surface area contributed by atoms with Gasteiger partial charge in [-0.15, -0.1) is 0 Å². The number of rotatable bonds is 1. The van der Waals surface area contributed by atoms with Gasteiger partial charge in [-0.1, -0.05) is 26.8 Å². The molecule has 24 heavy (non-hydrogen) atoms. The van der Waals surface area contributed by atoms with Gasteiger partial charge in [0.2, 0.25) is 0 Å². The highest BCUT2D eigenvalue weighted by atomic mass is 16.5. The first-order valence-electron chi connectivity index (χ1n) is 9.23. The van der Waals surface area contributed by atoms with Crippen molar-refractivity contribution < 1.29 is 19.7 Å². The van der Waals surface area contributed by atoms with Gasteiger partial charge < -0.3 is 14.9 Å². The van der Waals surface area contributed by atoms with E-state index < -0.39 is 28.6 Å². The van der Waals surface area contributed by atoms with Gasteiger partial charge in [-0.25, -0.2) is 0 Å². The predicted octanol–water partition coefficient (Wildman–Crippen LogP) is 2.86. The molecule has 3 rings (SSSR count). The molecule has 4 nitrogen and oxygen atoms in total. The standard InChI is InChI=1S/C20H32O4/c1-7-11(2)16-15(21)14-12(3)20(23)9-8-18(4,5)17(22)13(20)10-19(14,6)24-16/h7,12-16,21,23H,8-10H2,1-6H3/b11-7+/t12-,13-,14-,15-,16+,19+,20+/m0/s1. The molecule has 0 spiro atoms. The van der Waals surface area contributed by atoms with Crippen molar-refractivity contribution in [3.63, 3.8) is 0 Å². The van der Waals surface area contributed by atoms with Crippen LogP contribution in [0, 0.1) is 23.2 Å². The molecule has 0 bridgehead atoms. The van der Waals surface area contributed by atoms with Crippen LogP contribution in [-0.2, 0) is 9.53 Å². The third kappa shape index (κ3) is 2.26. The van der Waals surface area contributed by atoms with Crippen molar-refractivity contribution in [2.45, 2.75) is 84.2 Å². The van der Waals surface area contributed by atoms with Crippen molar-refractivity contribution >= 4 is 5.78 Å². The number of Topliss-reactive ketones (excluding diaryl/α,β-unsaturated/α-hetero) is 1. The van der Waals surface area contributed by atoms with E-state index in [4.69, 9.17) is 4.74 Å². The van der Waals surface area contributed by atoms with Crippen LogP contribution in [0.2, 0.25) is 0 Å². The second-order valence-electron chi connectivity index (χ2n) is 9.18. The molecule has 1 saturated heterocycles. The summed E-state index contributed by atoms with van der Waals surface area (Å²) in [5.41, 5.74) is -0.990. The largest absolute Gasteiger partial charge is 0.390 e. The Hall–Kier alpha value is -0.710. The van der Waals surface area contributed by atoms with E-state index in [0.717, 1.165) is 5.57 Å². The van der Waals surface area contributed by atoms with Crippen LogP contribution in [0.3, 0.4) is 0 Å². The van der Waals surface area contributed by atoms with Crippen LogP contribution in [0.15, 0.2) is 11.6 Å². The average molecular weight is 336 g/mol. The minimum absolute atomic E-state index is 0.145. The summed E-state index contributed by atoms with van der Waals surface area (Å²) in [7, 11) is 0. The minimum Gasteiger partial charge on any atom is -0.390 e. The zero-order chi connectivity index (χ0) is 18.1. The van der Waals surface area contributed by atoms with Crippen LogP contribution in [-0.4, -0.2) is 39.4 Å². The fourth-order valence-electron chi connectivity index (χ4n) is 5.56. The molecule has 0 aromatic heterocycles. The van der Waals surface area contributed by atoms with Gasteiger partial charge in [0.1, 0.15) is 11.9 Å². The molecule has 0 aromatic rings. The first-order valence-corrected chi connectivity index (χ1v) is 9.23. The lowest BCUT2D eigenvalue weighted by molar-refractivity contribution is -0.203. The highest BCUT2D eigenvalue weighted by Crippen LogP contribution is 2.59. The van der Waals surface area contributed by atoms with Crippen LogP contribution >= 0.6 is 0 Å². The van der Waals surface area contributed by atoms with Crippen molar-refractivity contribution in [2.75, 3.05) is 0 Å². The van der Waals surface area contributed by atoms with E-state index >= 15 is 0 Å². The molecule has 4 heteroatoms. The van der Waals surface area contributed by atoms with Gasteiger partial charge in [0.15, 0.2) is 0 Å². The smallest absolute Gasteiger partial charge is 0.144 e. The van der Waals surface area contributed by atoms with Gasteiger partial charge in [0.05, 0.1) is 23.2 Å². The monoisotopic (exact) mass is 336 g/mol. The van der Waals surface area contributed by atoms with Crippen molar-refractivity contribution in [2.24, 2.45) is 23.2 Å². The summed E-state index contributed by atoms with van der Waals surface area (Å²) in [6.45, 7) is 11.9. The number of ketones is 1. The lowest BCUT2D eigenvalue weighted by Crippen LogP contribution is -2.65. The Bertz CT molecular complexity index is 580. The van der Waals surface area contributed by atoms with Crippen LogP contribution < -0.4 is 0 Å². The van der Waals surface area contributed by atoms with E-state index in [1.807, 2.05) is 47.6 Å². The Kier molecular flexibility index (Phi) is 4.06. The molecule has 2 N–H and O–H groups in total. The fraction of sp³-hybridized carbons (Fsp3) is 0.850. The third-order valence-electron chi connectivity index (χ3n) is 7.36. The summed E-state index contributed by atoms with van der Waals surface area (Å²) in [6.07, 6.45) is 2.78. The number of hydrogen-bond donors (Lipinski definition) is 2. The third-order valence-corrected chi connectivity index (χ3v) is 7.36. The fourth-order valence-corrected chi connectivity index (χ4v) is 5.56. The van der Waals surface area contributed by atoms with E-state index in [2.05, 4.69) is 0 Å². The molecule has 1 aliphatic heterocycles. The molecule has 0 aromatic carbocycles. The molecule has 2 aliphatic carbocycles. The molecule has 1 heterocycles. The number of carbonyl (C=O) groups is 1. The number of aliphatic hydroxyl groups is 2. The van der Waals surface area contributed by atoms with Crippen LogP contribution in [0.25, 0.3) is 0 Å². The van der Waals surface area contributed by atoms with Crippen molar-refractivity contribution in [1.82, 2.24) is 0 Å². The maximum atomic E-state index is 13.0. The summed E-state index contributed by atoms with van der Waals surface area (Å²) in [5.74, 6) is -0.597. The molecule has 0 unspecified atom stereocenters. The van der Waals surface area contributed by atoms with E-state index in [1.165, 1.54) is 0 Å². The zero-order valence-electron chi connectivity index (χ0n) is 15.8. The molecule has 7 atom stereocenters. The number of ether oxygens (including phenoxy) is 1. The molecule has 3 aliphatic rings. The van der Waals surface area contributed by atoms with E-state index in [1.54, 1.807) is 0 Å². The molecule has 136 valence electrons. The Balaban J connectivity index is 2.01. The summed E-state index contributed by atoms with van der Waals surface area (Å²) in [4.78, 5) is 13.0. The van der Waals surface area contributed by atoms with E-state index in [9.17, 15) is 15.0 Å². The Labute approximate surface area is 145 Å². The molecule has 3 fully saturated rings. The summed E-state index contributed by atoms with van der Waals surface area (Å²) >= 11 is 0. The average Bonchev–Trinajstić information content (AvgIpc) is 2.78. The van der Waals surface area contributed by atoms with Crippen molar-refractivity contribution in [3.8, 4) is 0 Å². The highest BCUT2D eigenvalue weighted by Gasteiger charge is 2.67. The number of aliphatic hydroxyl groups excluding tert-OH is 1. The molecular formula is C20H32O4. The molecule has 2 saturated carbocycles. The van der Waals surface area contributed by atoms with Gasteiger partial charge in [-0.2, -0.15) is 0 Å². The van der Waals surface area contributed by atoms with E-state index in [-0.39, 0.29) is 23.7 Å². The zero-order valence-corrected chi connectivity index (χ0v) is 15.8. The normalized spacial score (nSPS) is 51.2. The quantitative estimate of drug-likeness (QED) is 0.723. The first kappa shape index (κ1) is 18.1. The maximum Gasteiger partial charge on any atom is 0.144 e. The topological polar surface area (TPSA) is 66.8 Å². The van der Waals surface area contributed by atoms with Gasteiger partial charge in [-0.3, -0.25) is 4.79 Å². The van der Waals surface area contributed by atoms with E-state index in [0.29, 0.717) is 19.3 Å². The highest BCUT2D eigenvalue weighted by molar-refractivity contribution is 5.88. The molecule has 0 amide bonds. The van der Waals surface area contributed by atoms with Crippen molar-refractivity contribution in [3.05, 3.63) is 11.6 Å². The van der Waals surface area contributed by atoms with Crippen LogP contribution in [0.5, 0.6) is 0 Å². The minimum atomic E-state index is -1.03. The van der Waals surface area contributed by atoms with Crippen LogP contribution in [0.4, 0.5) is 0 Å². The number of allylic oxidation sites excluding steroid dienone is 1. The Morgan fingerprint density at radius 1 is 1.29 bits per heavy atom. The lowest BCUT2D eigenvalue weighted by atomic mass is 9.50. The summed E-state index contributed by atoms with van der Waals surface area (Å²) in [6, 6.07) is 0. The Morgan fingerprint density at radius 3 is 2.50 bits per heavy atom. The second kappa shape index (κ2) is 5.39. The second-order valence-corrected chi connectivity index (χ2v) is 9.18. The summed E-state index contributed by atoms with van der Waals surface area (Å²) in [5, 5.41) is 22.4. The number of carbonyl (C=O) groups excluding carboxylic acids is 1. The summed E-state index contributed by atoms with van der Waals surface area (Å²) < 4.78 is 6.32. The molecule has 0 radical (unpaired) electrons. The Morgan fingerprint density at radius 2 is 1.92 bits per heavy atom. The lowest BCUT2D eigenvalue weighted by Gasteiger charge is -2.57. The van der Waals surface area contributed by atoms with Gasteiger partial charge in [0.25, 0.3) is 0 Å². The van der Waals surface area contributed by atoms with Gasteiger partial charge >= 0.3 is 0 Å². The predicted molar refractivity (Wildman–Crippen MR) is 92.4 cm³/mol. The van der Waals surface area contributed by atoms with Crippen molar-refractivity contribution in [1.29, 1.82) is 0 Å². The molecular weight excluding hydrogens is 304 g/mol. The maximum absolute atomic E-state index is 13.0. The van der Waals surface area contributed by atoms with Crippen LogP contribution in [0.1, 0.15) is 60.8 Å². The van der Waals surface area contributed by atoms with Gasteiger partial charge in [0, 0.05) is 11.3 Å². The SMILES string of the molecule is C/C=C(\C)[C@H]1O[C@]2(C)C[C@H]3C(=O)C(C)(C)CC[C@@]3(O)[C@@H](C)[C@H]2[C@@H]1O. The number of hydrogen-bond acceptors (Lipinski definition) is 4. The van der Waals surface area contributed by atoms with Gasteiger partial charge in [-0.05, 0) is 51.5 Å². The first-order chi connectivity index (χ1) is 11.0.